The first-order chi connectivity index (χ1) is 7.59. The molecule has 0 atom stereocenters. The quantitative estimate of drug-likeness (QED) is 0.804. The Kier molecular flexibility index (Phi) is 5.56. The molecule has 0 radical (unpaired) electrons. The van der Waals surface area contributed by atoms with Crippen molar-refractivity contribution in [2.75, 3.05) is 11.9 Å². The van der Waals surface area contributed by atoms with E-state index in [2.05, 4.69) is 24.5 Å². The van der Waals surface area contributed by atoms with E-state index < -0.39 is 0 Å². The van der Waals surface area contributed by atoms with E-state index in [9.17, 15) is 0 Å². The summed E-state index contributed by atoms with van der Waals surface area (Å²) in [5.74, 6) is 0.676. The largest absolute Gasteiger partial charge is 0.362 e. The van der Waals surface area contributed by atoms with Crippen LogP contribution in [0.2, 0.25) is 5.02 Å². The van der Waals surface area contributed by atoms with E-state index in [0.29, 0.717) is 16.1 Å². The summed E-state index contributed by atoms with van der Waals surface area (Å²) in [6.07, 6.45) is 1.10. The molecule has 88 valence electrons. The molecule has 0 unspecified atom stereocenters. The smallest absolute Gasteiger partial charge is 0.170 e. The van der Waals surface area contributed by atoms with Gasteiger partial charge in [-0.2, -0.15) is 0 Å². The minimum Gasteiger partial charge on any atom is -0.362 e. The third-order valence-corrected chi connectivity index (χ3v) is 2.71. The van der Waals surface area contributed by atoms with Crippen LogP contribution in [-0.4, -0.2) is 11.7 Å². The third kappa shape index (κ3) is 4.81. The molecule has 0 saturated carbocycles. The van der Waals surface area contributed by atoms with Crippen molar-refractivity contribution in [2.24, 2.45) is 5.92 Å². The van der Waals surface area contributed by atoms with Gasteiger partial charge in [-0.1, -0.05) is 37.6 Å². The first-order valence-electron chi connectivity index (χ1n) is 5.39. The standard InChI is InChI=1S/C12H17ClN2S/c1-9(2)7-8-14-12(16)15-11-6-4-3-5-10(11)13/h3-6,9H,7-8H2,1-2H3,(H2,14,15,16). The number of benzene rings is 1. The van der Waals surface area contributed by atoms with Crippen LogP contribution >= 0.6 is 23.8 Å². The molecular weight excluding hydrogens is 240 g/mol. The summed E-state index contributed by atoms with van der Waals surface area (Å²) < 4.78 is 0. The van der Waals surface area contributed by atoms with Crippen LogP contribution in [0.3, 0.4) is 0 Å². The van der Waals surface area contributed by atoms with Crippen LogP contribution in [0.5, 0.6) is 0 Å². The molecule has 0 aliphatic rings. The Morgan fingerprint density at radius 3 is 2.69 bits per heavy atom. The minimum absolute atomic E-state index is 0.619. The summed E-state index contributed by atoms with van der Waals surface area (Å²) >= 11 is 11.2. The van der Waals surface area contributed by atoms with Gasteiger partial charge in [-0.15, -0.1) is 0 Å². The summed E-state index contributed by atoms with van der Waals surface area (Å²) in [6.45, 7) is 5.26. The van der Waals surface area contributed by atoms with Crippen molar-refractivity contribution in [2.45, 2.75) is 20.3 Å². The van der Waals surface area contributed by atoms with Crippen LogP contribution in [0.25, 0.3) is 0 Å². The lowest BCUT2D eigenvalue weighted by Crippen LogP contribution is -2.29. The van der Waals surface area contributed by atoms with E-state index >= 15 is 0 Å². The van der Waals surface area contributed by atoms with Crippen molar-refractivity contribution >= 4 is 34.6 Å². The highest BCUT2D eigenvalue weighted by atomic mass is 35.5. The fourth-order valence-electron chi connectivity index (χ4n) is 1.20. The highest BCUT2D eigenvalue weighted by Gasteiger charge is 2.01. The van der Waals surface area contributed by atoms with Crippen LogP contribution in [0.15, 0.2) is 24.3 Å². The summed E-state index contributed by atoms with van der Waals surface area (Å²) in [4.78, 5) is 0. The van der Waals surface area contributed by atoms with Gasteiger partial charge in [0.05, 0.1) is 10.7 Å². The predicted molar refractivity (Wildman–Crippen MR) is 75.1 cm³/mol. The second kappa shape index (κ2) is 6.71. The molecule has 0 fully saturated rings. The van der Waals surface area contributed by atoms with Crippen LogP contribution in [0.4, 0.5) is 5.69 Å². The topological polar surface area (TPSA) is 24.1 Å². The average Bonchev–Trinajstić information content (AvgIpc) is 2.21. The molecule has 0 aliphatic heterocycles. The summed E-state index contributed by atoms with van der Waals surface area (Å²) in [5.41, 5.74) is 0.839. The molecule has 0 heterocycles. The molecular formula is C12H17ClN2S. The van der Waals surface area contributed by atoms with Crippen molar-refractivity contribution in [3.05, 3.63) is 29.3 Å². The lowest BCUT2D eigenvalue weighted by Gasteiger charge is -2.12. The number of hydrogen-bond donors (Lipinski definition) is 2. The first-order valence-corrected chi connectivity index (χ1v) is 6.17. The highest BCUT2D eigenvalue weighted by Crippen LogP contribution is 2.20. The van der Waals surface area contributed by atoms with Crippen molar-refractivity contribution in [3.63, 3.8) is 0 Å². The Morgan fingerprint density at radius 1 is 1.38 bits per heavy atom. The van der Waals surface area contributed by atoms with Gasteiger partial charge >= 0.3 is 0 Å². The molecule has 0 spiro atoms. The Morgan fingerprint density at radius 2 is 2.06 bits per heavy atom. The van der Waals surface area contributed by atoms with E-state index in [-0.39, 0.29) is 0 Å². The molecule has 4 heteroatoms. The molecule has 1 aromatic carbocycles. The molecule has 0 saturated heterocycles. The zero-order valence-electron chi connectivity index (χ0n) is 9.59. The molecule has 1 rings (SSSR count). The highest BCUT2D eigenvalue weighted by molar-refractivity contribution is 7.80. The van der Waals surface area contributed by atoms with Gasteiger partial charge in [-0.05, 0) is 36.7 Å². The Labute approximate surface area is 107 Å². The summed E-state index contributed by atoms with van der Waals surface area (Å²) in [5, 5.41) is 7.52. The van der Waals surface area contributed by atoms with Crippen molar-refractivity contribution < 1.29 is 0 Å². The number of rotatable bonds is 4. The fraction of sp³-hybridized carbons (Fsp3) is 0.417. The Balaban J connectivity index is 2.37. The van der Waals surface area contributed by atoms with Gasteiger partial charge in [-0.3, -0.25) is 0 Å². The van der Waals surface area contributed by atoms with E-state index in [4.69, 9.17) is 23.8 Å². The zero-order valence-corrected chi connectivity index (χ0v) is 11.2. The van der Waals surface area contributed by atoms with Crippen LogP contribution in [0.1, 0.15) is 20.3 Å². The predicted octanol–water partition coefficient (Wildman–Crippen LogP) is 3.67. The summed E-state index contributed by atoms with van der Waals surface area (Å²) in [6, 6.07) is 7.55. The van der Waals surface area contributed by atoms with Crippen molar-refractivity contribution in [3.8, 4) is 0 Å². The van der Waals surface area contributed by atoms with E-state index in [1.54, 1.807) is 0 Å². The van der Waals surface area contributed by atoms with Gasteiger partial charge in [0, 0.05) is 6.54 Å². The van der Waals surface area contributed by atoms with Gasteiger partial charge in [-0.25, -0.2) is 0 Å². The average molecular weight is 257 g/mol. The molecule has 0 aliphatic carbocycles. The van der Waals surface area contributed by atoms with E-state index in [1.807, 2.05) is 24.3 Å². The Bertz CT molecular complexity index is 353. The van der Waals surface area contributed by atoms with Gasteiger partial charge in [0.25, 0.3) is 0 Å². The molecule has 16 heavy (non-hydrogen) atoms. The molecule has 2 N–H and O–H groups in total. The first kappa shape index (κ1) is 13.3. The zero-order chi connectivity index (χ0) is 12.0. The monoisotopic (exact) mass is 256 g/mol. The van der Waals surface area contributed by atoms with Crippen molar-refractivity contribution in [1.82, 2.24) is 5.32 Å². The molecule has 0 bridgehead atoms. The maximum absolute atomic E-state index is 6.00. The SMILES string of the molecule is CC(C)CCNC(=S)Nc1ccccc1Cl. The lowest BCUT2D eigenvalue weighted by atomic mass is 10.1. The maximum Gasteiger partial charge on any atom is 0.170 e. The number of halogens is 1. The van der Waals surface area contributed by atoms with Crippen LogP contribution < -0.4 is 10.6 Å². The second-order valence-electron chi connectivity index (χ2n) is 4.04. The fourth-order valence-corrected chi connectivity index (χ4v) is 1.60. The number of hydrogen-bond acceptors (Lipinski definition) is 1. The van der Waals surface area contributed by atoms with Crippen LogP contribution in [-0.2, 0) is 0 Å². The van der Waals surface area contributed by atoms with Crippen molar-refractivity contribution in [1.29, 1.82) is 0 Å². The Hall–Kier alpha value is -0.800. The minimum atomic E-state index is 0.619. The third-order valence-electron chi connectivity index (χ3n) is 2.13. The molecule has 0 aromatic heterocycles. The van der Waals surface area contributed by atoms with E-state index in [1.165, 1.54) is 0 Å². The molecule has 0 amide bonds. The number of nitrogens with one attached hydrogen (secondary N) is 2. The van der Waals surface area contributed by atoms with E-state index in [0.717, 1.165) is 18.7 Å². The number of para-hydroxylation sites is 1. The van der Waals surface area contributed by atoms with Gasteiger partial charge in [0.15, 0.2) is 5.11 Å². The number of anilines is 1. The molecule has 1 aromatic rings. The normalized spacial score (nSPS) is 10.2. The second-order valence-corrected chi connectivity index (χ2v) is 4.86. The maximum atomic E-state index is 6.00. The molecule has 2 nitrogen and oxygen atoms in total. The van der Waals surface area contributed by atoms with Crippen LogP contribution in [0, 0.1) is 5.92 Å². The lowest BCUT2D eigenvalue weighted by molar-refractivity contribution is 0.579. The van der Waals surface area contributed by atoms with Gasteiger partial charge in [0.1, 0.15) is 0 Å². The number of thiocarbonyl (C=S) groups is 1. The summed E-state index contributed by atoms with van der Waals surface area (Å²) in [7, 11) is 0. The van der Waals surface area contributed by atoms with Gasteiger partial charge in [0.2, 0.25) is 0 Å². The van der Waals surface area contributed by atoms with Gasteiger partial charge < -0.3 is 10.6 Å².